The lowest BCUT2D eigenvalue weighted by molar-refractivity contribution is 0.131. The van der Waals surface area contributed by atoms with E-state index in [4.69, 9.17) is 4.74 Å². The van der Waals surface area contributed by atoms with Crippen LogP contribution in [0.3, 0.4) is 0 Å². The molecule has 0 aromatic rings. The molecule has 1 N–H and O–H groups in total. The van der Waals surface area contributed by atoms with Crippen LogP contribution in [-0.4, -0.2) is 23.4 Å². The molecule has 11 heavy (non-hydrogen) atoms. The molecule has 0 amide bonds. The summed E-state index contributed by atoms with van der Waals surface area (Å²) in [6, 6.07) is 0. The zero-order valence-electron chi connectivity index (χ0n) is 7.79. The molecule has 1 saturated heterocycles. The predicted molar refractivity (Wildman–Crippen MR) is 44.4 cm³/mol. The molecule has 0 aromatic carbocycles. The van der Waals surface area contributed by atoms with Gasteiger partial charge in [-0.2, -0.15) is 0 Å². The third kappa shape index (κ3) is 1.94. The summed E-state index contributed by atoms with van der Waals surface area (Å²) in [6.07, 6.45) is 0.883. The van der Waals surface area contributed by atoms with Gasteiger partial charge in [0, 0.05) is 0 Å². The molecule has 0 aromatic heterocycles. The molecule has 0 saturated carbocycles. The first-order valence-corrected chi connectivity index (χ1v) is 4.30. The van der Waals surface area contributed by atoms with Crippen LogP contribution >= 0.6 is 0 Å². The Hall–Kier alpha value is -0.0800. The lowest BCUT2D eigenvalue weighted by Crippen LogP contribution is -2.23. The highest BCUT2D eigenvalue weighted by Gasteiger charge is 2.50. The molecular weight excluding hydrogens is 140 g/mol. The van der Waals surface area contributed by atoms with E-state index in [-0.39, 0.29) is 23.7 Å². The number of hydrogen-bond acceptors (Lipinski definition) is 2. The van der Waals surface area contributed by atoms with Gasteiger partial charge in [0.05, 0.1) is 12.2 Å². The first-order valence-electron chi connectivity index (χ1n) is 4.30. The summed E-state index contributed by atoms with van der Waals surface area (Å²) >= 11 is 0. The van der Waals surface area contributed by atoms with Crippen LogP contribution in [-0.2, 0) is 4.74 Å². The van der Waals surface area contributed by atoms with E-state index in [1.165, 1.54) is 0 Å². The SMILES string of the molecule is CC[C@@H](O)[C@@H]1O[C@H]1C(C)(C)C. The van der Waals surface area contributed by atoms with Crippen LogP contribution in [0.15, 0.2) is 0 Å². The number of rotatable bonds is 2. The largest absolute Gasteiger partial charge is 0.390 e. The minimum atomic E-state index is -0.265. The first kappa shape index (κ1) is 9.01. The van der Waals surface area contributed by atoms with E-state index < -0.39 is 0 Å². The van der Waals surface area contributed by atoms with Gasteiger partial charge >= 0.3 is 0 Å². The molecule has 1 rings (SSSR count). The number of aliphatic hydroxyl groups is 1. The van der Waals surface area contributed by atoms with Crippen molar-refractivity contribution in [2.75, 3.05) is 0 Å². The van der Waals surface area contributed by atoms with Crippen molar-refractivity contribution < 1.29 is 9.84 Å². The lowest BCUT2D eigenvalue weighted by Gasteiger charge is -2.15. The maximum Gasteiger partial charge on any atom is 0.110 e. The zero-order chi connectivity index (χ0) is 8.65. The van der Waals surface area contributed by atoms with Crippen molar-refractivity contribution in [3.8, 4) is 0 Å². The van der Waals surface area contributed by atoms with Gasteiger partial charge in [-0.1, -0.05) is 27.7 Å². The van der Waals surface area contributed by atoms with Crippen LogP contribution in [0.2, 0.25) is 0 Å². The Morgan fingerprint density at radius 1 is 1.45 bits per heavy atom. The normalized spacial score (nSPS) is 33.5. The molecule has 1 aliphatic heterocycles. The van der Waals surface area contributed by atoms with E-state index in [1.54, 1.807) is 0 Å². The Labute approximate surface area is 68.6 Å². The van der Waals surface area contributed by atoms with Crippen LogP contribution in [0.5, 0.6) is 0 Å². The van der Waals surface area contributed by atoms with Crippen molar-refractivity contribution in [3.05, 3.63) is 0 Å². The van der Waals surface area contributed by atoms with Gasteiger partial charge in [-0.3, -0.25) is 0 Å². The van der Waals surface area contributed by atoms with Gasteiger partial charge < -0.3 is 9.84 Å². The van der Waals surface area contributed by atoms with Gasteiger partial charge in [-0.15, -0.1) is 0 Å². The molecule has 1 fully saturated rings. The molecule has 2 nitrogen and oxygen atoms in total. The molecule has 3 atom stereocenters. The van der Waals surface area contributed by atoms with Crippen molar-refractivity contribution >= 4 is 0 Å². The summed E-state index contributed by atoms with van der Waals surface area (Å²) < 4.78 is 5.38. The summed E-state index contributed by atoms with van der Waals surface area (Å²) in [6.45, 7) is 8.40. The molecule has 2 heteroatoms. The standard InChI is InChI=1S/C9H18O2/c1-5-6(10)7-8(11-7)9(2,3)4/h6-8,10H,5H2,1-4H3/t6-,7+,8-/m1/s1. The Morgan fingerprint density at radius 3 is 2.27 bits per heavy atom. The second-order valence-electron chi connectivity index (χ2n) is 4.36. The molecular formula is C9H18O2. The van der Waals surface area contributed by atoms with E-state index in [1.807, 2.05) is 6.92 Å². The molecule has 0 spiro atoms. The third-order valence-electron chi connectivity index (χ3n) is 2.18. The fourth-order valence-electron chi connectivity index (χ4n) is 1.35. The lowest BCUT2D eigenvalue weighted by atomic mass is 9.89. The average Bonchev–Trinajstić information content (AvgIpc) is 2.62. The van der Waals surface area contributed by atoms with Crippen molar-refractivity contribution in [2.45, 2.75) is 52.4 Å². The smallest absolute Gasteiger partial charge is 0.110 e. The summed E-state index contributed by atoms with van der Waals surface area (Å²) in [5, 5.41) is 9.41. The fourth-order valence-corrected chi connectivity index (χ4v) is 1.35. The van der Waals surface area contributed by atoms with E-state index >= 15 is 0 Å². The number of aliphatic hydroxyl groups excluding tert-OH is 1. The molecule has 1 heterocycles. The second-order valence-corrected chi connectivity index (χ2v) is 4.36. The van der Waals surface area contributed by atoms with Gasteiger partial charge in [-0.25, -0.2) is 0 Å². The molecule has 0 unspecified atom stereocenters. The number of epoxide rings is 1. The van der Waals surface area contributed by atoms with E-state index in [0.717, 1.165) is 6.42 Å². The molecule has 0 bridgehead atoms. The van der Waals surface area contributed by atoms with Crippen LogP contribution < -0.4 is 0 Å². The Kier molecular flexibility index (Phi) is 2.26. The van der Waals surface area contributed by atoms with Crippen molar-refractivity contribution in [3.63, 3.8) is 0 Å². The average molecular weight is 158 g/mol. The molecule has 66 valence electrons. The summed E-state index contributed by atoms with van der Waals surface area (Å²) in [5.41, 5.74) is 0.181. The van der Waals surface area contributed by atoms with Crippen LogP contribution in [0.1, 0.15) is 34.1 Å². The minimum absolute atomic E-state index is 0.0972. The van der Waals surface area contributed by atoms with Gasteiger partial charge in [0.25, 0.3) is 0 Å². The third-order valence-corrected chi connectivity index (χ3v) is 2.18. The van der Waals surface area contributed by atoms with Crippen LogP contribution in [0, 0.1) is 5.41 Å². The first-order chi connectivity index (χ1) is 4.96. The quantitative estimate of drug-likeness (QED) is 0.619. The topological polar surface area (TPSA) is 32.8 Å². The van der Waals surface area contributed by atoms with Gasteiger partial charge in [0.2, 0.25) is 0 Å². The Bertz CT molecular complexity index is 137. The predicted octanol–water partition coefficient (Wildman–Crippen LogP) is 1.57. The van der Waals surface area contributed by atoms with Gasteiger partial charge in [0.15, 0.2) is 0 Å². The highest BCUT2D eigenvalue weighted by Crippen LogP contribution is 2.40. The maximum absolute atomic E-state index is 9.41. The van der Waals surface area contributed by atoms with Crippen molar-refractivity contribution in [1.82, 2.24) is 0 Å². The van der Waals surface area contributed by atoms with Crippen molar-refractivity contribution in [2.24, 2.45) is 5.41 Å². The Balaban J connectivity index is 2.37. The summed E-state index contributed by atoms with van der Waals surface area (Å²) in [4.78, 5) is 0. The molecule has 1 aliphatic rings. The van der Waals surface area contributed by atoms with E-state index in [0.29, 0.717) is 0 Å². The fraction of sp³-hybridized carbons (Fsp3) is 1.00. The second kappa shape index (κ2) is 2.76. The maximum atomic E-state index is 9.41. The number of ether oxygens (including phenoxy) is 1. The summed E-state index contributed by atoms with van der Waals surface area (Å²) in [5.74, 6) is 0. The van der Waals surface area contributed by atoms with Gasteiger partial charge in [0.1, 0.15) is 6.10 Å². The van der Waals surface area contributed by atoms with Gasteiger partial charge in [-0.05, 0) is 11.8 Å². The zero-order valence-corrected chi connectivity index (χ0v) is 7.79. The Morgan fingerprint density at radius 2 is 2.00 bits per heavy atom. The van der Waals surface area contributed by atoms with Crippen LogP contribution in [0.25, 0.3) is 0 Å². The highest BCUT2D eigenvalue weighted by atomic mass is 16.6. The monoisotopic (exact) mass is 158 g/mol. The molecule has 0 aliphatic carbocycles. The highest BCUT2D eigenvalue weighted by molar-refractivity contribution is 4.97. The summed E-state index contributed by atoms with van der Waals surface area (Å²) in [7, 11) is 0. The van der Waals surface area contributed by atoms with E-state index in [9.17, 15) is 5.11 Å². The minimum Gasteiger partial charge on any atom is -0.390 e. The molecule has 0 radical (unpaired) electrons. The van der Waals surface area contributed by atoms with Crippen molar-refractivity contribution in [1.29, 1.82) is 0 Å². The van der Waals surface area contributed by atoms with E-state index in [2.05, 4.69) is 20.8 Å². The number of hydrogen-bond donors (Lipinski definition) is 1. The van der Waals surface area contributed by atoms with Crippen LogP contribution in [0.4, 0.5) is 0 Å².